The van der Waals surface area contributed by atoms with E-state index in [1.54, 1.807) is 0 Å². The van der Waals surface area contributed by atoms with Crippen molar-refractivity contribution in [3.05, 3.63) is 53.7 Å². The molecular formula is C16H21N3. The molecule has 0 bridgehead atoms. The van der Waals surface area contributed by atoms with Crippen LogP contribution in [0.15, 0.2) is 42.6 Å². The molecule has 0 amide bonds. The number of nitrogens with zero attached hydrogens (tertiary/aromatic N) is 2. The molecule has 2 aromatic rings. The third kappa shape index (κ3) is 3.47. The number of nitrogens with one attached hydrogen (secondary N) is 1. The molecule has 0 spiro atoms. The predicted octanol–water partition coefficient (Wildman–Crippen LogP) is 3.46. The van der Waals surface area contributed by atoms with Crippen LogP contribution in [0.3, 0.4) is 0 Å². The molecule has 0 aliphatic rings. The van der Waals surface area contributed by atoms with Crippen molar-refractivity contribution in [1.29, 1.82) is 0 Å². The van der Waals surface area contributed by atoms with E-state index >= 15 is 0 Å². The molecule has 0 saturated heterocycles. The van der Waals surface area contributed by atoms with Crippen molar-refractivity contribution in [3.8, 4) is 0 Å². The van der Waals surface area contributed by atoms with Crippen LogP contribution in [0.4, 0.5) is 11.5 Å². The second-order valence-corrected chi connectivity index (χ2v) is 4.65. The van der Waals surface area contributed by atoms with Crippen LogP contribution in [0.2, 0.25) is 0 Å². The summed E-state index contributed by atoms with van der Waals surface area (Å²) in [5, 5.41) is 3.08. The topological polar surface area (TPSA) is 28.2 Å². The normalized spacial score (nSPS) is 10.3. The Hall–Kier alpha value is -2.03. The molecule has 0 fully saturated rings. The first-order chi connectivity index (χ1) is 9.22. The van der Waals surface area contributed by atoms with Crippen LogP contribution >= 0.6 is 0 Å². The number of aryl methyl sites for hydroxylation is 1. The largest absolute Gasteiger partial charge is 0.373 e. The molecule has 0 saturated carbocycles. The van der Waals surface area contributed by atoms with Gasteiger partial charge in [-0.15, -0.1) is 0 Å². The zero-order valence-electron chi connectivity index (χ0n) is 11.9. The van der Waals surface area contributed by atoms with Gasteiger partial charge in [0, 0.05) is 32.0 Å². The minimum atomic E-state index is 0.900. The predicted molar refractivity (Wildman–Crippen MR) is 81.7 cm³/mol. The molecule has 3 nitrogen and oxygen atoms in total. The summed E-state index contributed by atoms with van der Waals surface area (Å²) in [7, 11) is 1.89. The van der Waals surface area contributed by atoms with Gasteiger partial charge in [0.2, 0.25) is 0 Å². The highest BCUT2D eigenvalue weighted by Crippen LogP contribution is 2.19. The average molecular weight is 255 g/mol. The summed E-state index contributed by atoms with van der Waals surface area (Å²) in [5.74, 6) is 0.915. The molecule has 0 aliphatic heterocycles. The molecule has 1 N–H and O–H groups in total. The highest BCUT2D eigenvalue weighted by atomic mass is 15.1. The van der Waals surface area contributed by atoms with E-state index in [4.69, 9.17) is 0 Å². The fraction of sp³-hybridized carbons (Fsp3) is 0.312. The van der Waals surface area contributed by atoms with Crippen LogP contribution in [-0.4, -0.2) is 18.6 Å². The molecule has 1 aromatic carbocycles. The van der Waals surface area contributed by atoms with Crippen LogP contribution in [0.1, 0.15) is 18.1 Å². The van der Waals surface area contributed by atoms with Crippen molar-refractivity contribution < 1.29 is 0 Å². The fourth-order valence-electron chi connectivity index (χ4n) is 2.14. The van der Waals surface area contributed by atoms with Crippen molar-refractivity contribution in [1.82, 2.24) is 4.98 Å². The summed E-state index contributed by atoms with van der Waals surface area (Å²) in [5.41, 5.74) is 3.83. The second kappa shape index (κ2) is 6.23. The summed E-state index contributed by atoms with van der Waals surface area (Å²) in [6.07, 6.45) is 1.85. The summed E-state index contributed by atoms with van der Waals surface area (Å²) in [4.78, 5) is 6.61. The van der Waals surface area contributed by atoms with E-state index < -0.39 is 0 Å². The molecule has 1 heterocycles. The number of pyridine rings is 1. The minimum Gasteiger partial charge on any atom is -0.373 e. The summed E-state index contributed by atoms with van der Waals surface area (Å²) in [6, 6.07) is 12.8. The molecular weight excluding hydrogens is 234 g/mol. The Morgan fingerprint density at radius 1 is 1.21 bits per heavy atom. The van der Waals surface area contributed by atoms with E-state index in [0.29, 0.717) is 0 Å². The van der Waals surface area contributed by atoms with Gasteiger partial charge in [0.25, 0.3) is 0 Å². The second-order valence-electron chi connectivity index (χ2n) is 4.65. The average Bonchev–Trinajstić information content (AvgIpc) is 2.45. The van der Waals surface area contributed by atoms with Gasteiger partial charge in [-0.25, -0.2) is 4.98 Å². The lowest BCUT2D eigenvalue weighted by Crippen LogP contribution is -2.22. The molecule has 0 unspecified atom stereocenters. The molecule has 3 heteroatoms. The Labute approximate surface area is 115 Å². The fourth-order valence-corrected chi connectivity index (χ4v) is 2.14. The number of benzene rings is 1. The van der Waals surface area contributed by atoms with Gasteiger partial charge in [-0.3, -0.25) is 0 Å². The van der Waals surface area contributed by atoms with E-state index in [-0.39, 0.29) is 0 Å². The van der Waals surface area contributed by atoms with E-state index in [1.165, 1.54) is 16.8 Å². The SMILES string of the molecule is CCN(Cc1ccnc(NC)c1)c1cccc(C)c1. The zero-order chi connectivity index (χ0) is 13.7. The Balaban J connectivity index is 2.18. The lowest BCUT2D eigenvalue weighted by Gasteiger charge is -2.23. The van der Waals surface area contributed by atoms with Gasteiger partial charge in [0.15, 0.2) is 0 Å². The van der Waals surface area contributed by atoms with Crippen molar-refractivity contribution in [3.63, 3.8) is 0 Å². The maximum atomic E-state index is 4.25. The van der Waals surface area contributed by atoms with Crippen molar-refractivity contribution >= 4 is 11.5 Å². The quantitative estimate of drug-likeness (QED) is 0.887. The standard InChI is InChI=1S/C16H21N3/c1-4-19(15-7-5-6-13(2)10-15)12-14-8-9-18-16(11-14)17-3/h5-11H,4,12H2,1-3H3,(H,17,18). The summed E-state index contributed by atoms with van der Waals surface area (Å²) in [6.45, 7) is 6.20. The van der Waals surface area contributed by atoms with E-state index in [1.807, 2.05) is 13.2 Å². The summed E-state index contributed by atoms with van der Waals surface area (Å²) < 4.78 is 0. The lowest BCUT2D eigenvalue weighted by atomic mass is 10.2. The van der Waals surface area contributed by atoms with Crippen LogP contribution < -0.4 is 10.2 Å². The molecule has 1 aromatic heterocycles. The molecule has 0 atom stereocenters. The Bertz CT molecular complexity index is 537. The van der Waals surface area contributed by atoms with Crippen LogP contribution in [0, 0.1) is 6.92 Å². The van der Waals surface area contributed by atoms with Gasteiger partial charge in [-0.05, 0) is 49.2 Å². The van der Waals surface area contributed by atoms with Gasteiger partial charge in [-0.1, -0.05) is 12.1 Å². The highest BCUT2D eigenvalue weighted by molar-refractivity contribution is 5.49. The van der Waals surface area contributed by atoms with Gasteiger partial charge < -0.3 is 10.2 Å². The number of hydrogen-bond acceptors (Lipinski definition) is 3. The first kappa shape index (κ1) is 13.4. The molecule has 2 rings (SSSR count). The van der Waals surface area contributed by atoms with Crippen LogP contribution in [-0.2, 0) is 6.54 Å². The van der Waals surface area contributed by atoms with Crippen molar-refractivity contribution in [2.75, 3.05) is 23.8 Å². The van der Waals surface area contributed by atoms with E-state index in [0.717, 1.165) is 18.9 Å². The van der Waals surface area contributed by atoms with Gasteiger partial charge in [0.1, 0.15) is 5.82 Å². The molecule has 19 heavy (non-hydrogen) atoms. The minimum absolute atomic E-state index is 0.900. The van der Waals surface area contributed by atoms with E-state index in [9.17, 15) is 0 Å². The van der Waals surface area contributed by atoms with Crippen molar-refractivity contribution in [2.24, 2.45) is 0 Å². The Kier molecular flexibility index (Phi) is 4.39. The van der Waals surface area contributed by atoms with Crippen LogP contribution in [0.5, 0.6) is 0 Å². The Morgan fingerprint density at radius 3 is 2.74 bits per heavy atom. The number of hydrogen-bond donors (Lipinski definition) is 1. The first-order valence-corrected chi connectivity index (χ1v) is 6.67. The van der Waals surface area contributed by atoms with Gasteiger partial charge in [0.05, 0.1) is 0 Å². The van der Waals surface area contributed by atoms with Crippen LogP contribution in [0.25, 0.3) is 0 Å². The maximum absolute atomic E-state index is 4.25. The third-order valence-electron chi connectivity index (χ3n) is 3.20. The van der Waals surface area contributed by atoms with Gasteiger partial charge in [-0.2, -0.15) is 0 Å². The number of aromatic nitrogens is 1. The Morgan fingerprint density at radius 2 is 2.05 bits per heavy atom. The van der Waals surface area contributed by atoms with Crippen molar-refractivity contribution in [2.45, 2.75) is 20.4 Å². The maximum Gasteiger partial charge on any atom is 0.125 e. The lowest BCUT2D eigenvalue weighted by molar-refractivity contribution is 0.830. The molecule has 0 aliphatic carbocycles. The summed E-state index contributed by atoms with van der Waals surface area (Å²) >= 11 is 0. The monoisotopic (exact) mass is 255 g/mol. The number of anilines is 2. The third-order valence-corrected chi connectivity index (χ3v) is 3.20. The first-order valence-electron chi connectivity index (χ1n) is 6.67. The molecule has 0 radical (unpaired) electrons. The van der Waals surface area contributed by atoms with E-state index in [2.05, 4.69) is 65.4 Å². The zero-order valence-corrected chi connectivity index (χ0v) is 11.9. The highest BCUT2D eigenvalue weighted by Gasteiger charge is 2.06. The molecule has 100 valence electrons. The smallest absolute Gasteiger partial charge is 0.125 e. The number of rotatable bonds is 5. The van der Waals surface area contributed by atoms with Gasteiger partial charge >= 0.3 is 0 Å².